The van der Waals surface area contributed by atoms with Crippen molar-refractivity contribution in [1.29, 1.82) is 0 Å². The molecule has 23 heavy (non-hydrogen) atoms. The average Bonchev–Trinajstić information content (AvgIpc) is 2.52. The number of halogens is 1. The largest absolute Gasteiger partial charge is 0.490 e. The molecule has 1 aromatic carbocycles. The molecular formula is C14H20ClN3O5. The van der Waals surface area contributed by atoms with Gasteiger partial charge in [0.15, 0.2) is 6.61 Å². The van der Waals surface area contributed by atoms with Gasteiger partial charge < -0.3 is 20.1 Å². The smallest absolute Gasteiger partial charge is 0.311 e. The number of nitrogens with zero attached hydrogens (tertiary/aromatic N) is 2. The third-order valence-electron chi connectivity index (χ3n) is 3.60. The molecule has 2 N–H and O–H groups in total. The quantitative estimate of drug-likeness (QED) is 0.637. The van der Waals surface area contributed by atoms with E-state index in [0.717, 1.165) is 12.8 Å². The number of rotatable bonds is 5. The zero-order valence-electron chi connectivity index (χ0n) is 12.8. The van der Waals surface area contributed by atoms with Crippen LogP contribution < -0.4 is 15.2 Å². The first-order valence-electron chi connectivity index (χ1n) is 7.00. The van der Waals surface area contributed by atoms with E-state index < -0.39 is 4.92 Å². The number of nitro groups is 1. The van der Waals surface area contributed by atoms with E-state index in [9.17, 15) is 14.9 Å². The molecular weight excluding hydrogens is 326 g/mol. The van der Waals surface area contributed by atoms with Crippen LogP contribution in [0.25, 0.3) is 0 Å². The molecule has 1 aliphatic rings. The molecule has 0 bridgehead atoms. The second kappa shape index (κ2) is 8.54. The molecule has 1 amide bonds. The maximum Gasteiger partial charge on any atom is 0.311 e. The fourth-order valence-electron chi connectivity index (χ4n) is 2.28. The monoisotopic (exact) mass is 345 g/mol. The van der Waals surface area contributed by atoms with E-state index in [2.05, 4.69) is 0 Å². The first-order valence-corrected chi connectivity index (χ1v) is 7.00. The highest BCUT2D eigenvalue weighted by atomic mass is 35.5. The Hall–Kier alpha value is -2.06. The zero-order valence-corrected chi connectivity index (χ0v) is 13.6. The lowest BCUT2D eigenvalue weighted by Crippen LogP contribution is -2.44. The summed E-state index contributed by atoms with van der Waals surface area (Å²) >= 11 is 0. The number of nitro benzene ring substituents is 1. The van der Waals surface area contributed by atoms with Gasteiger partial charge in [-0.25, -0.2) is 0 Å². The maximum absolute atomic E-state index is 12.0. The Kier molecular flexibility index (Phi) is 7.05. The highest BCUT2D eigenvalue weighted by molar-refractivity contribution is 5.85. The van der Waals surface area contributed by atoms with Crippen LogP contribution in [-0.4, -0.2) is 48.6 Å². The van der Waals surface area contributed by atoms with Crippen molar-refractivity contribution < 1.29 is 19.2 Å². The Labute approximate surface area is 140 Å². The van der Waals surface area contributed by atoms with Crippen molar-refractivity contribution in [3.8, 4) is 11.5 Å². The van der Waals surface area contributed by atoms with E-state index in [-0.39, 0.29) is 42.4 Å². The summed E-state index contributed by atoms with van der Waals surface area (Å²) in [5, 5.41) is 10.8. The lowest BCUT2D eigenvalue weighted by molar-refractivity contribution is -0.385. The predicted molar refractivity (Wildman–Crippen MR) is 86.2 cm³/mol. The Morgan fingerprint density at radius 2 is 2.09 bits per heavy atom. The third-order valence-corrected chi connectivity index (χ3v) is 3.60. The number of piperidine rings is 1. The van der Waals surface area contributed by atoms with Gasteiger partial charge in [0.25, 0.3) is 5.91 Å². The van der Waals surface area contributed by atoms with Gasteiger partial charge in [-0.15, -0.1) is 12.4 Å². The van der Waals surface area contributed by atoms with Crippen LogP contribution in [0.3, 0.4) is 0 Å². The highest BCUT2D eigenvalue weighted by Gasteiger charge is 2.21. The lowest BCUT2D eigenvalue weighted by atomic mass is 10.1. The van der Waals surface area contributed by atoms with Gasteiger partial charge in [0.2, 0.25) is 5.75 Å². The van der Waals surface area contributed by atoms with Crippen molar-refractivity contribution in [1.82, 2.24) is 4.90 Å². The second-order valence-corrected chi connectivity index (χ2v) is 5.10. The molecule has 128 valence electrons. The van der Waals surface area contributed by atoms with Crippen molar-refractivity contribution >= 4 is 24.0 Å². The Bertz CT molecular complexity index is 561. The number of methoxy groups -OCH3 is 1. The zero-order chi connectivity index (χ0) is 16.1. The fraction of sp³-hybridized carbons (Fsp3) is 0.500. The predicted octanol–water partition coefficient (Wildman–Crippen LogP) is 1.35. The van der Waals surface area contributed by atoms with Gasteiger partial charge in [0.05, 0.1) is 12.0 Å². The van der Waals surface area contributed by atoms with Crippen LogP contribution in [0.15, 0.2) is 18.2 Å². The van der Waals surface area contributed by atoms with E-state index in [1.807, 2.05) is 0 Å². The number of hydrogen-bond donors (Lipinski definition) is 1. The Morgan fingerprint density at radius 3 is 2.65 bits per heavy atom. The van der Waals surface area contributed by atoms with Crippen molar-refractivity contribution in [2.45, 2.75) is 18.9 Å². The van der Waals surface area contributed by atoms with Crippen molar-refractivity contribution in [3.05, 3.63) is 28.3 Å². The highest BCUT2D eigenvalue weighted by Crippen LogP contribution is 2.30. The standard InChI is InChI=1S/C14H19N3O5.ClH/c1-21-13-8-11(2-3-12(13)17(19)20)22-9-14(18)16-6-4-10(15)5-7-16;/h2-3,8,10H,4-7,9,15H2,1H3;1H. The minimum absolute atomic E-state index is 0. The molecule has 0 saturated carbocycles. The first kappa shape index (κ1) is 19.0. The van der Waals surface area contributed by atoms with Gasteiger partial charge in [0, 0.05) is 31.3 Å². The molecule has 0 aromatic heterocycles. The maximum atomic E-state index is 12.0. The summed E-state index contributed by atoms with van der Waals surface area (Å²) in [5.41, 5.74) is 5.65. The SMILES string of the molecule is COc1cc(OCC(=O)N2CCC(N)CC2)ccc1[N+](=O)[O-].Cl. The molecule has 8 nitrogen and oxygen atoms in total. The van der Waals surface area contributed by atoms with E-state index in [4.69, 9.17) is 15.2 Å². The number of carbonyl (C=O) groups is 1. The molecule has 0 aliphatic carbocycles. The first-order chi connectivity index (χ1) is 10.5. The number of hydrogen-bond acceptors (Lipinski definition) is 6. The summed E-state index contributed by atoms with van der Waals surface area (Å²) in [4.78, 5) is 24.0. The van der Waals surface area contributed by atoms with Crippen LogP contribution in [-0.2, 0) is 4.79 Å². The van der Waals surface area contributed by atoms with Gasteiger partial charge in [-0.2, -0.15) is 0 Å². The molecule has 1 heterocycles. The topological polar surface area (TPSA) is 108 Å². The van der Waals surface area contributed by atoms with E-state index >= 15 is 0 Å². The van der Waals surface area contributed by atoms with Gasteiger partial charge in [-0.1, -0.05) is 0 Å². The molecule has 9 heteroatoms. The molecule has 0 unspecified atom stereocenters. The fourth-order valence-corrected chi connectivity index (χ4v) is 2.28. The Balaban J connectivity index is 0.00000264. The summed E-state index contributed by atoms with van der Waals surface area (Å²) < 4.78 is 10.4. The van der Waals surface area contributed by atoms with Crippen LogP contribution in [0, 0.1) is 10.1 Å². The average molecular weight is 346 g/mol. The molecule has 0 atom stereocenters. The molecule has 0 radical (unpaired) electrons. The molecule has 1 aromatic rings. The third kappa shape index (κ3) is 4.97. The summed E-state index contributed by atoms with van der Waals surface area (Å²) in [6.45, 7) is 1.15. The second-order valence-electron chi connectivity index (χ2n) is 5.10. The number of nitrogens with two attached hydrogens (primary N) is 1. The van der Waals surface area contributed by atoms with Gasteiger partial charge in [0.1, 0.15) is 5.75 Å². The normalized spacial score (nSPS) is 14.8. The minimum Gasteiger partial charge on any atom is -0.490 e. The number of likely N-dealkylation sites (tertiary alicyclic amines) is 1. The van der Waals surface area contributed by atoms with Gasteiger partial charge in [-0.3, -0.25) is 14.9 Å². The summed E-state index contributed by atoms with van der Waals surface area (Å²) in [6.07, 6.45) is 1.58. The molecule has 1 aliphatic heterocycles. The van der Waals surface area contributed by atoms with Crippen LogP contribution in [0.4, 0.5) is 5.69 Å². The molecule has 0 spiro atoms. The van der Waals surface area contributed by atoms with Gasteiger partial charge >= 0.3 is 5.69 Å². The number of carbonyl (C=O) groups excluding carboxylic acids is 1. The van der Waals surface area contributed by atoms with Crippen molar-refractivity contribution in [2.24, 2.45) is 5.73 Å². The minimum atomic E-state index is -0.537. The van der Waals surface area contributed by atoms with E-state index in [1.165, 1.54) is 25.3 Å². The molecule has 1 saturated heterocycles. The lowest BCUT2D eigenvalue weighted by Gasteiger charge is -2.30. The van der Waals surface area contributed by atoms with Crippen molar-refractivity contribution in [2.75, 3.05) is 26.8 Å². The number of ether oxygens (including phenoxy) is 2. The molecule has 1 fully saturated rings. The van der Waals surface area contributed by atoms with E-state index in [1.54, 1.807) is 4.90 Å². The van der Waals surface area contributed by atoms with Crippen LogP contribution >= 0.6 is 12.4 Å². The summed E-state index contributed by atoms with van der Waals surface area (Å²) in [7, 11) is 1.34. The summed E-state index contributed by atoms with van der Waals surface area (Å²) in [5.74, 6) is 0.327. The summed E-state index contributed by atoms with van der Waals surface area (Å²) in [6, 6.07) is 4.29. The molecule has 2 rings (SSSR count). The number of benzene rings is 1. The van der Waals surface area contributed by atoms with Crippen molar-refractivity contribution in [3.63, 3.8) is 0 Å². The Morgan fingerprint density at radius 1 is 1.43 bits per heavy atom. The van der Waals surface area contributed by atoms with E-state index in [0.29, 0.717) is 18.8 Å². The van der Waals surface area contributed by atoms with Gasteiger partial charge in [-0.05, 0) is 18.9 Å². The number of amides is 1. The van der Waals surface area contributed by atoms with Crippen LogP contribution in [0.2, 0.25) is 0 Å². The van der Waals surface area contributed by atoms with Crippen LogP contribution in [0.5, 0.6) is 11.5 Å². The van der Waals surface area contributed by atoms with Crippen LogP contribution in [0.1, 0.15) is 12.8 Å².